The smallest absolute Gasteiger partial charge is 0.462 e. The van der Waals surface area contributed by atoms with Gasteiger partial charge in [-0.3, -0.25) is 18.6 Å². The summed E-state index contributed by atoms with van der Waals surface area (Å²) >= 11 is 0. The fraction of sp³-hybridized carbons (Fsp3) is 0.888. The van der Waals surface area contributed by atoms with Gasteiger partial charge in [-0.2, -0.15) is 0 Å². The largest absolute Gasteiger partial charge is 0.472 e. The Morgan fingerprint density at radius 1 is 0.323 bits per heavy atom. The summed E-state index contributed by atoms with van der Waals surface area (Å²) in [6.07, 6.45) is 107. The molecule has 10 heteroatoms. The summed E-state index contributed by atoms with van der Waals surface area (Å²) in [5.41, 5.74) is 0. The Labute approximate surface area is 617 Å². The monoisotopic (exact) mass is 1410 g/mol. The van der Waals surface area contributed by atoms with E-state index in [2.05, 4.69) is 62.5 Å². The van der Waals surface area contributed by atoms with Gasteiger partial charge in [-0.25, -0.2) is 4.57 Å². The summed E-state index contributed by atoms with van der Waals surface area (Å²) in [5.74, 6) is -0.768. The molecule has 0 aromatic rings. The first-order valence-corrected chi connectivity index (χ1v) is 45.4. The van der Waals surface area contributed by atoms with Gasteiger partial charge in [0.15, 0.2) is 6.10 Å². The van der Waals surface area contributed by atoms with Crippen molar-refractivity contribution in [1.82, 2.24) is 0 Å². The van der Waals surface area contributed by atoms with E-state index >= 15 is 0 Å². The van der Waals surface area contributed by atoms with Crippen molar-refractivity contribution in [2.45, 2.75) is 463 Å². The maximum atomic E-state index is 12.9. The van der Waals surface area contributed by atoms with Crippen LogP contribution in [-0.4, -0.2) is 74.9 Å². The summed E-state index contributed by atoms with van der Waals surface area (Å²) in [5, 5.41) is 0. The van der Waals surface area contributed by atoms with Crippen LogP contribution in [0.5, 0.6) is 0 Å². The molecule has 0 heterocycles. The third-order valence-electron chi connectivity index (χ3n) is 20.1. The van der Waals surface area contributed by atoms with Gasteiger partial charge in [0.05, 0.1) is 27.7 Å². The molecule has 0 spiro atoms. The number of phosphoric acid groups is 1. The summed E-state index contributed by atoms with van der Waals surface area (Å²) in [4.78, 5) is 36.0. The van der Waals surface area contributed by atoms with Crippen molar-refractivity contribution in [2.75, 3.05) is 47.5 Å². The van der Waals surface area contributed by atoms with Gasteiger partial charge in [0.2, 0.25) is 0 Å². The van der Waals surface area contributed by atoms with Crippen molar-refractivity contribution in [2.24, 2.45) is 0 Å². The van der Waals surface area contributed by atoms with E-state index < -0.39 is 26.5 Å². The Bertz CT molecular complexity index is 1810. The van der Waals surface area contributed by atoms with Gasteiger partial charge in [0.1, 0.15) is 19.8 Å². The van der Waals surface area contributed by atoms with Crippen LogP contribution in [0.15, 0.2) is 48.6 Å². The molecular formula is C89H171NO8P+. The number of allylic oxidation sites excluding steroid dienone is 8. The first-order chi connectivity index (χ1) is 48.5. The first-order valence-electron chi connectivity index (χ1n) is 43.9. The zero-order valence-corrected chi connectivity index (χ0v) is 67.9. The molecule has 0 radical (unpaired) electrons. The third kappa shape index (κ3) is 84.8. The lowest BCUT2D eigenvalue weighted by molar-refractivity contribution is -0.870. The van der Waals surface area contributed by atoms with E-state index in [4.69, 9.17) is 18.5 Å². The van der Waals surface area contributed by atoms with Gasteiger partial charge >= 0.3 is 19.8 Å². The highest BCUT2D eigenvalue weighted by Crippen LogP contribution is 2.43. The minimum atomic E-state index is -4.39. The topological polar surface area (TPSA) is 108 Å². The number of phosphoric ester groups is 1. The number of likely N-dealkylation sites (N-methyl/N-ethyl adjacent to an activating group) is 1. The lowest BCUT2D eigenvalue weighted by Crippen LogP contribution is -2.37. The van der Waals surface area contributed by atoms with E-state index in [0.29, 0.717) is 23.9 Å². The van der Waals surface area contributed by atoms with Gasteiger partial charge < -0.3 is 18.9 Å². The van der Waals surface area contributed by atoms with Crippen molar-refractivity contribution >= 4 is 19.8 Å². The van der Waals surface area contributed by atoms with Crippen molar-refractivity contribution in [1.29, 1.82) is 0 Å². The quantitative estimate of drug-likeness (QED) is 0.0211. The van der Waals surface area contributed by atoms with Crippen LogP contribution in [0.25, 0.3) is 0 Å². The number of hydrogen-bond donors (Lipinski definition) is 1. The van der Waals surface area contributed by atoms with Crippen LogP contribution in [0.1, 0.15) is 457 Å². The highest BCUT2D eigenvalue weighted by molar-refractivity contribution is 7.47. The molecule has 1 N–H and O–H groups in total. The molecule has 0 fully saturated rings. The maximum absolute atomic E-state index is 12.9. The Kier molecular flexibility index (Phi) is 78.4. The van der Waals surface area contributed by atoms with Crippen LogP contribution in [0, 0.1) is 0 Å². The zero-order chi connectivity index (χ0) is 71.8. The molecule has 9 nitrogen and oxygen atoms in total. The van der Waals surface area contributed by atoms with E-state index in [1.807, 2.05) is 21.1 Å². The standard InChI is InChI=1S/C89H170NO8P/c1-6-8-10-12-14-16-18-20-22-24-26-28-30-32-34-36-38-40-42-44-46-47-49-51-53-55-57-59-61-63-65-67-69-71-73-75-77-79-81-88(91)95-85-87(86-97-99(93,94)96-84-83-90(3,4)5)98-89(92)82-80-78-76-74-72-70-68-66-64-62-60-58-56-54-52-50-48-45-43-41-39-37-35-33-31-29-27-25-23-21-19-17-15-13-11-9-7-2/h9,11,15,17,21,23,27,29,87H,6-8,10,12-14,16,18-20,22,24-26,28,30-86H2,1-5H3/p+1/b11-9-,17-15-,23-21-,29-27-. The minimum Gasteiger partial charge on any atom is -0.462 e. The van der Waals surface area contributed by atoms with Gasteiger partial charge in [-0.05, 0) is 51.4 Å². The van der Waals surface area contributed by atoms with Crippen LogP contribution < -0.4 is 0 Å². The van der Waals surface area contributed by atoms with Crippen LogP contribution in [0.3, 0.4) is 0 Å². The van der Waals surface area contributed by atoms with Gasteiger partial charge in [0, 0.05) is 12.8 Å². The Hall–Kier alpha value is -2.03. The van der Waals surface area contributed by atoms with E-state index in [9.17, 15) is 19.0 Å². The van der Waals surface area contributed by atoms with Crippen LogP contribution in [-0.2, 0) is 32.7 Å². The van der Waals surface area contributed by atoms with Crippen molar-refractivity contribution in [3.8, 4) is 0 Å². The summed E-state index contributed by atoms with van der Waals surface area (Å²) < 4.78 is 34.9. The predicted molar refractivity (Wildman–Crippen MR) is 432 cm³/mol. The fourth-order valence-electron chi connectivity index (χ4n) is 13.5. The molecule has 0 rings (SSSR count). The summed E-state index contributed by atoms with van der Waals surface area (Å²) in [6.45, 7) is 4.41. The first kappa shape index (κ1) is 97.0. The summed E-state index contributed by atoms with van der Waals surface area (Å²) in [7, 11) is 1.51. The van der Waals surface area contributed by atoms with Gasteiger partial charge in [-0.15, -0.1) is 0 Å². The fourth-order valence-corrected chi connectivity index (χ4v) is 14.2. The Balaban J connectivity index is 3.84. The average Bonchev–Trinajstić information content (AvgIpc) is 0.999. The number of ether oxygens (including phenoxy) is 2. The lowest BCUT2D eigenvalue weighted by Gasteiger charge is -2.24. The Morgan fingerprint density at radius 2 is 0.576 bits per heavy atom. The normalized spacial score (nSPS) is 13.2. The number of quaternary nitrogens is 1. The molecule has 0 bridgehead atoms. The molecular weight excluding hydrogens is 1240 g/mol. The molecule has 0 saturated heterocycles. The number of carbonyl (C=O) groups excluding carboxylic acids is 2. The molecule has 0 aliphatic heterocycles. The number of unbranched alkanes of at least 4 members (excludes halogenated alkanes) is 61. The second-order valence-electron chi connectivity index (χ2n) is 31.3. The van der Waals surface area contributed by atoms with Crippen LogP contribution in [0.4, 0.5) is 0 Å². The van der Waals surface area contributed by atoms with E-state index in [-0.39, 0.29) is 25.6 Å². The van der Waals surface area contributed by atoms with E-state index in [1.54, 1.807) is 0 Å². The molecule has 0 saturated carbocycles. The lowest BCUT2D eigenvalue weighted by atomic mass is 10.0. The van der Waals surface area contributed by atoms with Crippen molar-refractivity contribution in [3.05, 3.63) is 48.6 Å². The third-order valence-corrected chi connectivity index (χ3v) is 21.1. The molecule has 2 unspecified atom stereocenters. The minimum absolute atomic E-state index is 0.0354. The summed E-state index contributed by atoms with van der Waals surface area (Å²) in [6, 6.07) is 0. The second kappa shape index (κ2) is 80.1. The zero-order valence-electron chi connectivity index (χ0n) is 67.0. The molecule has 584 valence electrons. The molecule has 0 aliphatic carbocycles. The van der Waals surface area contributed by atoms with Gasteiger partial charge in [-0.1, -0.05) is 441 Å². The molecule has 2 atom stereocenters. The van der Waals surface area contributed by atoms with E-state index in [1.165, 1.54) is 366 Å². The number of rotatable bonds is 83. The molecule has 99 heavy (non-hydrogen) atoms. The van der Waals surface area contributed by atoms with Crippen molar-refractivity contribution < 1.29 is 42.1 Å². The number of esters is 2. The SMILES string of the molecule is CC/C=C\C/C=C\C/C=C\C/C=C\CCCCCCCCCCCCCCCCCCCCCCCCCCC(=O)OC(COC(=O)CCCCCCCCCCCCCCCCCCCCCCCCCCCCCCCCCCCCCCCC)COP(=O)(O)OCC[N+](C)(C)C. The molecule has 0 aromatic heterocycles. The molecule has 0 amide bonds. The number of nitrogens with zero attached hydrogens (tertiary/aromatic N) is 1. The Morgan fingerprint density at radius 3 is 0.859 bits per heavy atom. The second-order valence-corrected chi connectivity index (χ2v) is 32.7. The highest BCUT2D eigenvalue weighted by Gasteiger charge is 2.27. The maximum Gasteiger partial charge on any atom is 0.472 e. The molecule has 0 aromatic carbocycles. The number of hydrogen-bond acceptors (Lipinski definition) is 7. The highest BCUT2D eigenvalue weighted by atomic mass is 31.2. The van der Waals surface area contributed by atoms with E-state index in [0.717, 1.165) is 57.8 Å². The van der Waals surface area contributed by atoms with Gasteiger partial charge in [0.25, 0.3) is 0 Å². The number of carbonyl (C=O) groups is 2. The predicted octanol–water partition coefficient (Wildman–Crippen LogP) is 29.5. The average molecular weight is 1410 g/mol. The van der Waals surface area contributed by atoms with Crippen LogP contribution >= 0.6 is 7.82 Å². The van der Waals surface area contributed by atoms with Crippen molar-refractivity contribution in [3.63, 3.8) is 0 Å². The van der Waals surface area contributed by atoms with Crippen LogP contribution in [0.2, 0.25) is 0 Å². The molecule has 0 aliphatic rings.